The van der Waals surface area contributed by atoms with Gasteiger partial charge in [0.05, 0.1) is 10.2 Å². The van der Waals surface area contributed by atoms with Crippen LogP contribution in [0.4, 0.5) is 0 Å². The Bertz CT molecular complexity index is 456. The summed E-state index contributed by atoms with van der Waals surface area (Å²) in [5, 5.41) is 4.84. The summed E-state index contributed by atoms with van der Waals surface area (Å²) in [4.78, 5) is 4.65. The number of nitrogens with zero attached hydrogens (tertiary/aromatic N) is 1. The lowest BCUT2D eigenvalue weighted by Crippen LogP contribution is -2.33. The largest absolute Gasteiger partial charge is 0.307 e. The van der Waals surface area contributed by atoms with Gasteiger partial charge in [0.25, 0.3) is 0 Å². The van der Waals surface area contributed by atoms with Crippen molar-refractivity contribution in [3.63, 3.8) is 0 Å². The molecule has 2 heterocycles. The summed E-state index contributed by atoms with van der Waals surface area (Å²) in [6, 6.07) is 9.05. The molecule has 1 aromatic heterocycles. The maximum atomic E-state index is 4.65. The van der Waals surface area contributed by atoms with Gasteiger partial charge in [-0.25, -0.2) is 4.98 Å². The van der Waals surface area contributed by atoms with Gasteiger partial charge in [-0.2, -0.15) is 11.8 Å². The molecule has 3 rings (SSSR count). The Morgan fingerprint density at radius 1 is 1.35 bits per heavy atom. The molecule has 0 radical (unpaired) electrons. The van der Waals surface area contributed by atoms with Crippen molar-refractivity contribution >= 4 is 33.3 Å². The Morgan fingerprint density at radius 2 is 2.29 bits per heavy atom. The average molecular weight is 264 g/mol. The van der Waals surface area contributed by atoms with Crippen LogP contribution in [0.15, 0.2) is 24.3 Å². The van der Waals surface area contributed by atoms with Crippen LogP contribution in [-0.4, -0.2) is 22.5 Å². The van der Waals surface area contributed by atoms with Crippen molar-refractivity contribution in [3.8, 4) is 0 Å². The van der Waals surface area contributed by atoms with Crippen molar-refractivity contribution in [2.75, 3.05) is 11.5 Å². The van der Waals surface area contributed by atoms with Crippen LogP contribution in [-0.2, 0) is 6.54 Å². The lowest BCUT2D eigenvalue weighted by molar-refractivity contribution is 0.507. The van der Waals surface area contributed by atoms with Gasteiger partial charge in [-0.1, -0.05) is 12.1 Å². The number of hydrogen-bond donors (Lipinski definition) is 1. The summed E-state index contributed by atoms with van der Waals surface area (Å²) in [6.07, 6.45) is 2.67. The Kier molecular flexibility index (Phi) is 3.64. The standard InChI is InChI=1S/C13H16N2S2/c1-2-6-12-11(5-1)15-13(17-12)8-14-10-4-3-7-16-9-10/h1-2,5-6,10,14H,3-4,7-9H2. The van der Waals surface area contributed by atoms with Gasteiger partial charge in [-0.05, 0) is 30.7 Å². The van der Waals surface area contributed by atoms with Crippen molar-refractivity contribution < 1.29 is 0 Å². The summed E-state index contributed by atoms with van der Waals surface area (Å²) < 4.78 is 1.29. The SMILES string of the molecule is c1ccc2sc(CNC3CCCSC3)nc2c1. The number of rotatable bonds is 3. The Balaban J connectivity index is 1.64. The van der Waals surface area contributed by atoms with E-state index in [2.05, 4.69) is 46.3 Å². The topological polar surface area (TPSA) is 24.9 Å². The molecule has 1 saturated heterocycles. The van der Waals surface area contributed by atoms with Crippen molar-refractivity contribution in [1.82, 2.24) is 10.3 Å². The maximum absolute atomic E-state index is 4.65. The minimum absolute atomic E-state index is 0.681. The van der Waals surface area contributed by atoms with E-state index >= 15 is 0 Å². The van der Waals surface area contributed by atoms with Gasteiger partial charge in [0, 0.05) is 18.3 Å². The number of thiazole rings is 1. The highest BCUT2D eigenvalue weighted by Gasteiger charge is 2.13. The highest BCUT2D eigenvalue weighted by Crippen LogP contribution is 2.22. The summed E-state index contributed by atoms with van der Waals surface area (Å²) in [5.41, 5.74) is 1.13. The van der Waals surface area contributed by atoms with E-state index in [1.54, 1.807) is 11.3 Å². The molecule has 2 nitrogen and oxygen atoms in total. The Labute approximate surface area is 110 Å². The molecular formula is C13H16N2S2. The quantitative estimate of drug-likeness (QED) is 0.921. The minimum Gasteiger partial charge on any atom is -0.307 e. The highest BCUT2D eigenvalue weighted by molar-refractivity contribution is 7.99. The predicted molar refractivity (Wildman–Crippen MR) is 76.8 cm³/mol. The van der Waals surface area contributed by atoms with E-state index in [-0.39, 0.29) is 0 Å². The molecule has 0 spiro atoms. The summed E-state index contributed by atoms with van der Waals surface area (Å²) in [6.45, 7) is 0.921. The molecule has 1 unspecified atom stereocenters. The number of para-hydroxylation sites is 1. The second-order valence-electron chi connectivity index (χ2n) is 4.37. The van der Waals surface area contributed by atoms with Gasteiger partial charge in [0.2, 0.25) is 0 Å². The highest BCUT2D eigenvalue weighted by atomic mass is 32.2. The molecule has 1 fully saturated rings. The van der Waals surface area contributed by atoms with Crippen LogP contribution in [0.5, 0.6) is 0 Å². The smallest absolute Gasteiger partial charge is 0.108 e. The van der Waals surface area contributed by atoms with Crippen LogP contribution < -0.4 is 5.32 Å². The number of thioether (sulfide) groups is 1. The van der Waals surface area contributed by atoms with Crippen molar-refractivity contribution in [2.45, 2.75) is 25.4 Å². The van der Waals surface area contributed by atoms with E-state index in [9.17, 15) is 0 Å². The molecule has 1 N–H and O–H groups in total. The summed E-state index contributed by atoms with van der Waals surface area (Å²) in [7, 11) is 0. The van der Waals surface area contributed by atoms with Crippen LogP contribution in [0, 0.1) is 0 Å². The lowest BCUT2D eigenvalue weighted by Gasteiger charge is -2.21. The number of fused-ring (bicyclic) bond motifs is 1. The zero-order valence-electron chi connectivity index (χ0n) is 9.69. The van der Waals surface area contributed by atoms with Crippen molar-refractivity contribution in [3.05, 3.63) is 29.3 Å². The molecule has 0 saturated carbocycles. The maximum Gasteiger partial charge on any atom is 0.108 e. The molecule has 1 atom stereocenters. The van der Waals surface area contributed by atoms with Crippen LogP contribution in [0.1, 0.15) is 17.8 Å². The first-order valence-electron chi connectivity index (χ1n) is 6.07. The molecule has 1 aromatic carbocycles. The van der Waals surface area contributed by atoms with Crippen LogP contribution >= 0.6 is 23.1 Å². The van der Waals surface area contributed by atoms with Gasteiger partial charge in [-0.15, -0.1) is 11.3 Å². The van der Waals surface area contributed by atoms with Crippen molar-refractivity contribution in [2.24, 2.45) is 0 Å². The zero-order chi connectivity index (χ0) is 11.5. The van der Waals surface area contributed by atoms with Gasteiger partial charge in [0.1, 0.15) is 5.01 Å². The fourth-order valence-corrected chi connectivity index (χ4v) is 4.15. The van der Waals surface area contributed by atoms with Crippen LogP contribution in [0.25, 0.3) is 10.2 Å². The normalized spacial score (nSPS) is 20.8. The number of aromatic nitrogens is 1. The molecule has 0 aliphatic carbocycles. The van der Waals surface area contributed by atoms with E-state index in [4.69, 9.17) is 0 Å². The van der Waals surface area contributed by atoms with E-state index in [1.165, 1.54) is 34.1 Å². The first kappa shape index (κ1) is 11.5. The first-order valence-corrected chi connectivity index (χ1v) is 8.04. The fraction of sp³-hybridized carbons (Fsp3) is 0.462. The van der Waals surface area contributed by atoms with Gasteiger partial charge < -0.3 is 5.32 Å². The van der Waals surface area contributed by atoms with E-state index < -0.39 is 0 Å². The molecule has 2 aromatic rings. The average Bonchev–Trinajstić information content (AvgIpc) is 2.80. The van der Waals surface area contributed by atoms with E-state index in [1.807, 2.05) is 0 Å². The molecule has 4 heteroatoms. The lowest BCUT2D eigenvalue weighted by atomic mass is 10.2. The number of benzene rings is 1. The number of hydrogen-bond acceptors (Lipinski definition) is 4. The Hall–Kier alpha value is -0.580. The van der Waals surface area contributed by atoms with Gasteiger partial charge in [-0.3, -0.25) is 0 Å². The third-order valence-corrected chi connectivity index (χ3v) is 5.29. The second kappa shape index (κ2) is 5.38. The molecule has 1 aliphatic rings. The minimum atomic E-state index is 0.681. The molecule has 1 aliphatic heterocycles. The third kappa shape index (κ3) is 2.81. The molecule has 0 bridgehead atoms. The third-order valence-electron chi connectivity index (χ3n) is 3.04. The van der Waals surface area contributed by atoms with E-state index in [0.29, 0.717) is 6.04 Å². The number of nitrogens with one attached hydrogen (secondary N) is 1. The van der Waals surface area contributed by atoms with Crippen LogP contribution in [0.3, 0.4) is 0 Å². The second-order valence-corrected chi connectivity index (χ2v) is 6.64. The fourth-order valence-electron chi connectivity index (χ4n) is 2.13. The molecule has 90 valence electrons. The monoisotopic (exact) mass is 264 g/mol. The van der Waals surface area contributed by atoms with Gasteiger partial charge in [0.15, 0.2) is 0 Å². The predicted octanol–water partition coefficient (Wildman–Crippen LogP) is 3.28. The van der Waals surface area contributed by atoms with E-state index in [0.717, 1.165) is 12.1 Å². The zero-order valence-corrected chi connectivity index (χ0v) is 11.3. The molecule has 17 heavy (non-hydrogen) atoms. The summed E-state index contributed by atoms with van der Waals surface area (Å²) >= 11 is 3.87. The molecule has 0 amide bonds. The van der Waals surface area contributed by atoms with Crippen LogP contribution in [0.2, 0.25) is 0 Å². The first-order chi connectivity index (χ1) is 8.42. The Morgan fingerprint density at radius 3 is 3.12 bits per heavy atom. The molecular weight excluding hydrogens is 248 g/mol. The van der Waals surface area contributed by atoms with Gasteiger partial charge >= 0.3 is 0 Å². The van der Waals surface area contributed by atoms with Crippen molar-refractivity contribution in [1.29, 1.82) is 0 Å². The summed E-state index contributed by atoms with van der Waals surface area (Å²) in [5.74, 6) is 2.59.